The number of nitrogens with two attached hydrogens (primary N) is 1. The van der Waals surface area contributed by atoms with Gasteiger partial charge < -0.3 is 10.2 Å². The van der Waals surface area contributed by atoms with Gasteiger partial charge in [0.05, 0.1) is 16.6 Å². The average molecular weight is 653 g/mol. The van der Waals surface area contributed by atoms with E-state index in [2.05, 4.69) is 162 Å². The molecule has 3 heteroatoms. The average Bonchev–Trinajstić information content (AvgIpc) is 3.87. The molecule has 2 heterocycles. The summed E-state index contributed by atoms with van der Waals surface area (Å²) in [5.74, 6) is 0.719. The zero-order valence-corrected chi connectivity index (χ0v) is 28.0. The first-order valence-corrected chi connectivity index (χ1v) is 17.6. The minimum Gasteiger partial charge on any atom is -0.456 e. The molecular formula is C48H32N2O. The van der Waals surface area contributed by atoms with Gasteiger partial charge >= 0.3 is 0 Å². The number of rotatable bonds is 3. The molecule has 240 valence electrons. The van der Waals surface area contributed by atoms with Gasteiger partial charge in [-0.05, 0) is 99.0 Å². The van der Waals surface area contributed by atoms with E-state index in [1.54, 1.807) is 0 Å². The first-order chi connectivity index (χ1) is 25.2. The molecule has 0 saturated heterocycles. The van der Waals surface area contributed by atoms with E-state index in [0.29, 0.717) is 0 Å². The minimum atomic E-state index is -0.333. The Labute approximate surface area is 295 Å². The highest BCUT2D eigenvalue weighted by Gasteiger charge is 2.51. The summed E-state index contributed by atoms with van der Waals surface area (Å²) in [4.78, 5) is 0. The molecule has 0 radical (unpaired) electrons. The molecule has 2 aromatic heterocycles. The Hall–Kier alpha value is -6.58. The summed E-state index contributed by atoms with van der Waals surface area (Å²) in [6, 6.07) is 55.3. The van der Waals surface area contributed by atoms with Crippen LogP contribution in [0.4, 0.5) is 5.82 Å². The minimum absolute atomic E-state index is 0.333. The molecule has 51 heavy (non-hydrogen) atoms. The molecule has 0 fully saturated rings. The van der Waals surface area contributed by atoms with E-state index in [9.17, 15) is 0 Å². The summed E-state index contributed by atoms with van der Waals surface area (Å²) in [7, 11) is 0. The molecule has 2 aliphatic rings. The van der Waals surface area contributed by atoms with Crippen LogP contribution in [0, 0.1) is 0 Å². The Morgan fingerprint density at radius 1 is 0.529 bits per heavy atom. The second-order valence-corrected chi connectivity index (χ2v) is 13.8. The van der Waals surface area contributed by atoms with Gasteiger partial charge in [-0.25, -0.2) is 0 Å². The summed E-state index contributed by atoms with van der Waals surface area (Å²) in [6.07, 6.45) is 4.12. The van der Waals surface area contributed by atoms with Crippen LogP contribution in [0.2, 0.25) is 0 Å². The van der Waals surface area contributed by atoms with Gasteiger partial charge in [-0.15, -0.1) is 0 Å². The molecule has 2 N–H and O–H groups in total. The first kappa shape index (κ1) is 28.3. The normalized spacial score (nSPS) is 13.7. The molecule has 0 saturated carbocycles. The molecule has 11 rings (SSSR count). The first-order valence-electron chi connectivity index (χ1n) is 17.6. The second-order valence-electron chi connectivity index (χ2n) is 13.8. The monoisotopic (exact) mass is 652 g/mol. The van der Waals surface area contributed by atoms with E-state index < -0.39 is 0 Å². The third kappa shape index (κ3) is 3.62. The van der Waals surface area contributed by atoms with Crippen molar-refractivity contribution >= 4 is 44.7 Å². The van der Waals surface area contributed by atoms with Gasteiger partial charge in [0.1, 0.15) is 17.0 Å². The highest BCUT2D eigenvalue weighted by atomic mass is 16.3. The van der Waals surface area contributed by atoms with Crippen molar-refractivity contribution in [3.63, 3.8) is 0 Å². The number of hydrogen-bond acceptors (Lipinski definition) is 2. The van der Waals surface area contributed by atoms with Gasteiger partial charge in [0.25, 0.3) is 0 Å². The third-order valence-electron chi connectivity index (χ3n) is 11.3. The lowest BCUT2D eigenvalue weighted by Gasteiger charge is -2.30. The Morgan fingerprint density at radius 2 is 1.08 bits per heavy atom. The number of anilines is 1. The molecule has 1 spiro atoms. The fourth-order valence-corrected chi connectivity index (χ4v) is 9.27. The van der Waals surface area contributed by atoms with Gasteiger partial charge in [0.2, 0.25) is 0 Å². The van der Waals surface area contributed by atoms with Crippen molar-refractivity contribution < 1.29 is 4.42 Å². The van der Waals surface area contributed by atoms with Crippen LogP contribution >= 0.6 is 0 Å². The SMILES string of the molecule is C/C=C\c1c(N)n(-c2ccc3c(c2)oc2cc(-c4ccc5c(c4)-c4ccccc4C54c5ccccc5-c5ccccc54)ccc23)c2ccccc12. The largest absolute Gasteiger partial charge is 0.456 e. The number of benzene rings is 7. The van der Waals surface area contributed by atoms with E-state index in [4.69, 9.17) is 10.2 Å². The van der Waals surface area contributed by atoms with Crippen molar-refractivity contribution in [2.45, 2.75) is 12.3 Å². The number of aromatic nitrogens is 1. The Kier molecular flexibility index (Phi) is 5.67. The molecule has 0 aliphatic heterocycles. The summed E-state index contributed by atoms with van der Waals surface area (Å²) in [6.45, 7) is 2.02. The van der Waals surface area contributed by atoms with Crippen molar-refractivity contribution in [1.29, 1.82) is 0 Å². The number of allylic oxidation sites excluding steroid dienone is 1. The zero-order chi connectivity index (χ0) is 33.8. The fourth-order valence-electron chi connectivity index (χ4n) is 9.27. The lowest BCUT2D eigenvalue weighted by atomic mass is 9.70. The number of nitrogens with zero attached hydrogens (tertiary/aromatic N) is 1. The molecule has 7 aromatic carbocycles. The number of hydrogen-bond donors (Lipinski definition) is 1. The van der Waals surface area contributed by atoms with Crippen molar-refractivity contribution in [2.75, 3.05) is 5.73 Å². The van der Waals surface area contributed by atoms with Crippen LogP contribution in [0.1, 0.15) is 34.7 Å². The molecule has 2 aliphatic carbocycles. The summed E-state index contributed by atoms with van der Waals surface area (Å²) >= 11 is 0. The molecule has 3 nitrogen and oxygen atoms in total. The Balaban J connectivity index is 1.05. The van der Waals surface area contributed by atoms with E-state index >= 15 is 0 Å². The molecule has 0 atom stereocenters. The number of nitrogen functional groups attached to an aromatic ring is 1. The van der Waals surface area contributed by atoms with Crippen molar-refractivity contribution in [3.05, 3.63) is 186 Å². The lowest BCUT2D eigenvalue weighted by molar-refractivity contribution is 0.669. The number of furan rings is 1. The number of para-hydroxylation sites is 1. The topological polar surface area (TPSA) is 44.1 Å². The van der Waals surface area contributed by atoms with Crippen molar-refractivity contribution in [1.82, 2.24) is 4.57 Å². The molecule has 9 aromatic rings. The fraction of sp³-hybridized carbons (Fsp3) is 0.0417. The molecule has 0 unspecified atom stereocenters. The van der Waals surface area contributed by atoms with Crippen LogP contribution in [0.25, 0.3) is 78.0 Å². The highest BCUT2D eigenvalue weighted by molar-refractivity contribution is 6.07. The van der Waals surface area contributed by atoms with Gasteiger partial charge in [0.15, 0.2) is 0 Å². The quantitative estimate of drug-likeness (QED) is 0.206. The molecule has 0 amide bonds. The molecule has 0 bridgehead atoms. The summed E-state index contributed by atoms with van der Waals surface area (Å²) in [5.41, 5.74) is 24.2. The van der Waals surface area contributed by atoms with E-state index in [1.165, 1.54) is 50.1 Å². The van der Waals surface area contributed by atoms with Gasteiger partial charge in [-0.2, -0.15) is 0 Å². The van der Waals surface area contributed by atoms with Gasteiger partial charge in [-0.3, -0.25) is 4.57 Å². The van der Waals surface area contributed by atoms with Crippen LogP contribution in [0.3, 0.4) is 0 Å². The molecular weight excluding hydrogens is 621 g/mol. The predicted molar refractivity (Wildman–Crippen MR) is 211 cm³/mol. The number of fused-ring (bicyclic) bond motifs is 14. The maximum Gasteiger partial charge on any atom is 0.137 e. The summed E-state index contributed by atoms with van der Waals surface area (Å²) < 4.78 is 8.74. The van der Waals surface area contributed by atoms with E-state index in [1.807, 2.05) is 13.0 Å². The third-order valence-corrected chi connectivity index (χ3v) is 11.3. The maximum absolute atomic E-state index is 6.77. The van der Waals surface area contributed by atoms with E-state index in [0.717, 1.165) is 55.5 Å². The van der Waals surface area contributed by atoms with Crippen LogP contribution in [0.15, 0.2) is 162 Å². The standard InChI is InChI=1S/C48H32N2O/c1-2-11-38-35-15-6-10-19-44(35)50(47(38)49)31-22-24-37-36-23-20-30(27-45(36)51-46(37)28-31)29-21-25-43-39(26-29)34-14-5-9-18-42(34)48(43)40-16-7-3-12-32(40)33-13-4-8-17-41(33)48/h2-28H,49H2,1H3/b11-2-. The van der Waals surface area contributed by atoms with E-state index in [-0.39, 0.29) is 5.41 Å². The van der Waals surface area contributed by atoms with Crippen LogP contribution in [-0.2, 0) is 5.41 Å². The van der Waals surface area contributed by atoms with Crippen molar-refractivity contribution in [2.24, 2.45) is 0 Å². The zero-order valence-electron chi connectivity index (χ0n) is 28.0. The maximum atomic E-state index is 6.77. The van der Waals surface area contributed by atoms with Crippen LogP contribution in [-0.4, -0.2) is 4.57 Å². The summed E-state index contributed by atoms with van der Waals surface area (Å²) in [5, 5.41) is 3.32. The Bertz CT molecular complexity index is 2910. The van der Waals surface area contributed by atoms with Crippen LogP contribution < -0.4 is 5.73 Å². The Morgan fingerprint density at radius 3 is 1.78 bits per heavy atom. The van der Waals surface area contributed by atoms with Crippen molar-refractivity contribution in [3.8, 4) is 39.1 Å². The lowest BCUT2D eigenvalue weighted by Crippen LogP contribution is -2.25. The highest BCUT2D eigenvalue weighted by Crippen LogP contribution is 2.63. The van der Waals surface area contributed by atoms with Gasteiger partial charge in [-0.1, -0.05) is 121 Å². The van der Waals surface area contributed by atoms with Crippen LogP contribution in [0.5, 0.6) is 0 Å². The smallest absolute Gasteiger partial charge is 0.137 e. The second kappa shape index (κ2) is 10.2. The van der Waals surface area contributed by atoms with Gasteiger partial charge in [0, 0.05) is 27.8 Å². The predicted octanol–water partition coefficient (Wildman–Crippen LogP) is 12.2.